The Labute approximate surface area is 154 Å². The van der Waals surface area contributed by atoms with E-state index in [2.05, 4.69) is 10.6 Å². The lowest BCUT2D eigenvalue weighted by Crippen LogP contribution is -2.38. The molecule has 0 saturated carbocycles. The quantitative estimate of drug-likeness (QED) is 0.764. The fourth-order valence-electron chi connectivity index (χ4n) is 2.29. The number of hydrogen-bond acceptors (Lipinski definition) is 4. The highest BCUT2D eigenvalue weighted by Gasteiger charge is 2.13. The molecule has 138 valence electrons. The fraction of sp³-hybridized carbons (Fsp3) is 0.300. The third-order valence-corrected chi connectivity index (χ3v) is 3.75. The number of benzene rings is 2. The molecule has 0 heterocycles. The maximum Gasteiger partial charge on any atom is 0.243 e. The van der Waals surface area contributed by atoms with E-state index >= 15 is 0 Å². The number of carbonyl (C=O) groups excluding carboxylic acids is 2. The first-order valence-electron chi connectivity index (χ1n) is 8.55. The van der Waals surface area contributed by atoms with Crippen LogP contribution in [0, 0.1) is 6.92 Å². The second-order valence-electron chi connectivity index (χ2n) is 5.97. The van der Waals surface area contributed by atoms with Crippen LogP contribution in [0.15, 0.2) is 48.5 Å². The summed E-state index contributed by atoms with van der Waals surface area (Å²) in [5.41, 5.74) is 2.66. The highest BCUT2D eigenvalue weighted by Crippen LogP contribution is 2.15. The molecular weight excluding hydrogens is 330 g/mol. The van der Waals surface area contributed by atoms with Gasteiger partial charge in [-0.15, -0.1) is 0 Å². The number of hydrogen-bond donors (Lipinski definition) is 2. The maximum atomic E-state index is 12.2. The maximum absolute atomic E-state index is 12.2. The van der Waals surface area contributed by atoms with Gasteiger partial charge < -0.3 is 20.3 Å². The van der Waals surface area contributed by atoms with E-state index < -0.39 is 0 Å². The van der Waals surface area contributed by atoms with Gasteiger partial charge in [0.25, 0.3) is 0 Å². The van der Waals surface area contributed by atoms with E-state index in [1.54, 1.807) is 7.05 Å². The van der Waals surface area contributed by atoms with Crippen LogP contribution in [0.4, 0.5) is 11.4 Å². The van der Waals surface area contributed by atoms with E-state index in [4.69, 9.17) is 4.74 Å². The Balaban J connectivity index is 1.77. The second-order valence-corrected chi connectivity index (χ2v) is 5.97. The van der Waals surface area contributed by atoms with E-state index in [1.165, 1.54) is 4.90 Å². The summed E-state index contributed by atoms with van der Waals surface area (Å²) in [7, 11) is 1.61. The molecule has 0 spiro atoms. The summed E-state index contributed by atoms with van der Waals surface area (Å²) < 4.78 is 5.38. The molecule has 0 saturated heterocycles. The Kier molecular flexibility index (Phi) is 7.02. The van der Waals surface area contributed by atoms with Crippen molar-refractivity contribution >= 4 is 23.2 Å². The van der Waals surface area contributed by atoms with E-state index in [0.717, 1.165) is 17.0 Å². The number of amides is 2. The predicted octanol–water partition coefficient (Wildman–Crippen LogP) is 2.90. The molecule has 0 aliphatic rings. The minimum absolute atomic E-state index is 0.00231. The van der Waals surface area contributed by atoms with Gasteiger partial charge in [0.05, 0.1) is 19.7 Å². The average Bonchev–Trinajstić information content (AvgIpc) is 2.63. The monoisotopic (exact) mass is 355 g/mol. The first-order chi connectivity index (χ1) is 12.5. The molecule has 0 aliphatic heterocycles. The largest absolute Gasteiger partial charge is 0.494 e. The first kappa shape index (κ1) is 19.3. The van der Waals surface area contributed by atoms with Gasteiger partial charge in [-0.25, -0.2) is 0 Å². The third kappa shape index (κ3) is 6.12. The molecule has 0 radical (unpaired) electrons. The number of nitrogens with zero attached hydrogens (tertiary/aromatic N) is 1. The number of aryl methyl sites for hydroxylation is 1. The van der Waals surface area contributed by atoms with Crippen LogP contribution in [0.3, 0.4) is 0 Å². The number of nitrogens with one attached hydrogen (secondary N) is 2. The van der Waals surface area contributed by atoms with Crippen molar-refractivity contribution in [1.82, 2.24) is 4.90 Å². The Hall–Kier alpha value is -3.02. The number of ether oxygens (including phenoxy) is 1. The highest BCUT2D eigenvalue weighted by atomic mass is 16.5. The summed E-state index contributed by atoms with van der Waals surface area (Å²) in [5, 5.41) is 5.83. The van der Waals surface area contributed by atoms with Gasteiger partial charge in [-0.05, 0) is 50.2 Å². The predicted molar refractivity (Wildman–Crippen MR) is 104 cm³/mol. The third-order valence-electron chi connectivity index (χ3n) is 3.75. The highest BCUT2D eigenvalue weighted by molar-refractivity contribution is 5.95. The van der Waals surface area contributed by atoms with Crippen molar-refractivity contribution in [1.29, 1.82) is 0 Å². The molecule has 26 heavy (non-hydrogen) atoms. The summed E-state index contributed by atoms with van der Waals surface area (Å²) in [6.45, 7) is 4.63. The molecular formula is C20H25N3O3. The molecule has 2 amide bonds. The minimum atomic E-state index is -0.231. The molecule has 6 nitrogen and oxygen atoms in total. The van der Waals surface area contributed by atoms with Crippen LogP contribution in [0.2, 0.25) is 0 Å². The lowest BCUT2D eigenvalue weighted by Gasteiger charge is -2.17. The normalized spacial score (nSPS) is 10.1. The van der Waals surface area contributed by atoms with Crippen molar-refractivity contribution in [2.75, 3.05) is 37.4 Å². The Morgan fingerprint density at radius 1 is 1.00 bits per heavy atom. The van der Waals surface area contributed by atoms with Gasteiger partial charge >= 0.3 is 0 Å². The van der Waals surface area contributed by atoms with Crippen molar-refractivity contribution in [3.05, 3.63) is 54.1 Å². The molecule has 0 aromatic heterocycles. The van der Waals surface area contributed by atoms with Crippen molar-refractivity contribution < 1.29 is 14.3 Å². The van der Waals surface area contributed by atoms with E-state index in [0.29, 0.717) is 12.3 Å². The zero-order valence-electron chi connectivity index (χ0n) is 15.4. The van der Waals surface area contributed by atoms with Gasteiger partial charge in [0.15, 0.2) is 0 Å². The number of rotatable bonds is 8. The van der Waals surface area contributed by atoms with Crippen LogP contribution in [0.25, 0.3) is 0 Å². The van der Waals surface area contributed by atoms with Crippen LogP contribution in [-0.2, 0) is 9.59 Å². The van der Waals surface area contributed by atoms with Crippen molar-refractivity contribution in [2.45, 2.75) is 13.8 Å². The molecule has 2 aromatic rings. The zero-order valence-corrected chi connectivity index (χ0v) is 15.4. The van der Waals surface area contributed by atoms with Crippen LogP contribution in [-0.4, -0.2) is 43.5 Å². The summed E-state index contributed by atoms with van der Waals surface area (Å²) in [4.78, 5) is 25.6. The molecule has 2 N–H and O–H groups in total. The molecule has 0 fully saturated rings. The standard InChI is InChI=1S/C20H25N3O3/c1-4-26-18-11-9-16(10-12-18)21-13-20(25)23(3)14-19(24)22-17-7-5-15(2)6-8-17/h5-12,21H,4,13-14H2,1-3H3,(H,22,24). The average molecular weight is 355 g/mol. The molecule has 2 rings (SSSR count). The topological polar surface area (TPSA) is 70.7 Å². The summed E-state index contributed by atoms with van der Waals surface area (Å²) in [6, 6.07) is 14.9. The van der Waals surface area contributed by atoms with E-state index in [1.807, 2.05) is 62.4 Å². The second kappa shape index (κ2) is 9.46. The molecule has 0 unspecified atom stereocenters. The smallest absolute Gasteiger partial charge is 0.243 e. The van der Waals surface area contributed by atoms with Crippen molar-refractivity contribution in [2.24, 2.45) is 0 Å². The lowest BCUT2D eigenvalue weighted by molar-refractivity contribution is -0.131. The molecule has 2 aromatic carbocycles. The van der Waals surface area contributed by atoms with Crippen LogP contribution in [0.5, 0.6) is 5.75 Å². The SMILES string of the molecule is CCOc1ccc(NCC(=O)N(C)CC(=O)Nc2ccc(C)cc2)cc1. The van der Waals surface area contributed by atoms with Crippen LogP contribution < -0.4 is 15.4 Å². The van der Waals surface area contributed by atoms with E-state index in [9.17, 15) is 9.59 Å². The number of carbonyl (C=O) groups is 2. The Bertz CT molecular complexity index is 727. The lowest BCUT2D eigenvalue weighted by atomic mass is 10.2. The number of likely N-dealkylation sites (N-methyl/N-ethyl adjacent to an activating group) is 1. The van der Waals surface area contributed by atoms with E-state index in [-0.39, 0.29) is 24.9 Å². The zero-order chi connectivity index (χ0) is 18.9. The van der Waals surface area contributed by atoms with Crippen LogP contribution >= 0.6 is 0 Å². The Morgan fingerprint density at radius 3 is 2.23 bits per heavy atom. The molecule has 0 bridgehead atoms. The minimum Gasteiger partial charge on any atom is -0.494 e. The Morgan fingerprint density at radius 2 is 1.62 bits per heavy atom. The summed E-state index contributed by atoms with van der Waals surface area (Å²) in [6.07, 6.45) is 0. The van der Waals surface area contributed by atoms with Crippen LogP contribution in [0.1, 0.15) is 12.5 Å². The van der Waals surface area contributed by atoms with Crippen molar-refractivity contribution in [3.8, 4) is 5.75 Å². The van der Waals surface area contributed by atoms with Gasteiger partial charge in [0.1, 0.15) is 5.75 Å². The first-order valence-corrected chi connectivity index (χ1v) is 8.55. The van der Waals surface area contributed by atoms with Gasteiger partial charge in [0, 0.05) is 18.4 Å². The van der Waals surface area contributed by atoms with Gasteiger partial charge in [-0.3, -0.25) is 9.59 Å². The van der Waals surface area contributed by atoms with Crippen molar-refractivity contribution in [3.63, 3.8) is 0 Å². The summed E-state index contributed by atoms with van der Waals surface area (Å²) in [5.74, 6) is 0.387. The summed E-state index contributed by atoms with van der Waals surface area (Å²) >= 11 is 0. The van der Waals surface area contributed by atoms with Gasteiger partial charge in [-0.1, -0.05) is 17.7 Å². The fourth-order valence-corrected chi connectivity index (χ4v) is 2.29. The van der Waals surface area contributed by atoms with Gasteiger partial charge in [0.2, 0.25) is 11.8 Å². The molecule has 0 atom stereocenters. The molecule has 0 aliphatic carbocycles. The van der Waals surface area contributed by atoms with Gasteiger partial charge in [-0.2, -0.15) is 0 Å². The molecule has 6 heteroatoms. The number of anilines is 2.